The van der Waals surface area contributed by atoms with Crippen molar-refractivity contribution < 1.29 is 12.6 Å². The molecule has 1 unspecified atom stereocenters. The SMILES string of the molecule is CCS(=O)O[B]F. The highest BCUT2D eigenvalue weighted by Gasteiger charge is 1.94. The standard InChI is InChI=1S/C2H5BFO2S/c1-2-7(5)6-3-4/h2H2,1H3. The van der Waals surface area contributed by atoms with Crippen LogP contribution in [0.25, 0.3) is 0 Å². The zero-order valence-electron chi connectivity index (χ0n) is 3.89. The summed E-state index contributed by atoms with van der Waals surface area (Å²) < 4.78 is 24.8. The van der Waals surface area contributed by atoms with Crippen LogP contribution in [0.1, 0.15) is 6.92 Å². The molecule has 0 rings (SSSR count). The van der Waals surface area contributed by atoms with Gasteiger partial charge < -0.3 is 4.10 Å². The molecule has 0 heterocycles. The van der Waals surface area contributed by atoms with Crippen molar-refractivity contribution in [1.29, 1.82) is 0 Å². The maximum Gasteiger partial charge on any atom is 0.549 e. The molecule has 0 aliphatic carbocycles. The molecule has 0 aromatic carbocycles. The van der Waals surface area contributed by atoms with Crippen LogP contribution in [0.15, 0.2) is 0 Å². The van der Waals surface area contributed by atoms with E-state index < -0.39 is 11.1 Å². The minimum absolute atomic E-state index is 0.0698. The first-order valence-electron chi connectivity index (χ1n) is 1.78. The monoisotopic (exact) mass is 123 g/mol. The zero-order valence-corrected chi connectivity index (χ0v) is 4.70. The number of hydrogen-bond donors (Lipinski definition) is 0. The number of rotatable bonds is 3. The van der Waals surface area contributed by atoms with Crippen LogP contribution < -0.4 is 0 Å². The summed E-state index contributed by atoms with van der Waals surface area (Å²) in [4.78, 5) is 0. The summed E-state index contributed by atoms with van der Waals surface area (Å²) in [7, 11) is -0.0698. The van der Waals surface area contributed by atoms with E-state index in [1.807, 2.05) is 0 Å². The molecule has 0 aliphatic rings. The first-order chi connectivity index (χ1) is 3.31. The highest BCUT2D eigenvalue weighted by Crippen LogP contribution is 1.80. The van der Waals surface area contributed by atoms with Gasteiger partial charge in [0.1, 0.15) is 11.1 Å². The van der Waals surface area contributed by atoms with Gasteiger partial charge in [-0.3, -0.25) is 4.32 Å². The van der Waals surface area contributed by atoms with Crippen molar-refractivity contribution in [2.24, 2.45) is 0 Å². The average molecular weight is 123 g/mol. The lowest BCUT2D eigenvalue weighted by Gasteiger charge is -1.88. The fourth-order valence-corrected chi connectivity index (χ4v) is 0.326. The van der Waals surface area contributed by atoms with Gasteiger partial charge in [-0.05, 0) is 0 Å². The van der Waals surface area contributed by atoms with Gasteiger partial charge in [-0.2, -0.15) is 0 Å². The van der Waals surface area contributed by atoms with Crippen LogP contribution in [0.4, 0.5) is 4.32 Å². The van der Waals surface area contributed by atoms with E-state index in [0.717, 1.165) is 0 Å². The van der Waals surface area contributed by atoms with Gasteiger partial charge in [0.05, 0.1) is 0 Å². The van der Waals surface area contributed by atoms with Gasteiger partial charge in [-0.15, -0.1) is 0 Å². The van der Waals surface area contributed by atoms with Gasteiger partial charge in [0, 0.05) is 5.75 Å². The second-order valence-electron chi connectivity index (χ2n) is 0.778. The van der Waals surface area contributed by atoms with Crippen LogP contribution in [0.5, 0.6) is 0 Å². The molecule has 0 spiro atoms. The lowest BCUT2D eigenvalue weighted by atomic mass is 10.5. The predicted octanol–water partition coefficient (Wildman–Crippen LogP) is 0.190. The van der Waals surface area contributed by atoms with Crippen LogP contribution >= 0.6 is 0 Å². The molecular formula is C2H5BFO2S. The van der Waals surface area contributed by atoms with Crippen LogP contribution in [-0.4, -0.2) is 17.7 Å². The minimum Gasteiger partial charge on any atom is -0.317 e. The van der Waals surface area contributed by atoms with E-state index in [4.69, 9.17) is 0 Å². The quantitative estimate of drug-likeness (QED) is 0.500. The average Bonchev–Trinajstić information content (AvgIpc) is 1.68. The Morgan fingerprint density at radius 3 is 2.71 bits per heavy atom. The molecule has 0 saturated heterocycles. The molecule has 0 saturated carbocycles. The summed E-state index contributed by atoms with van der Waals surface area (Å²) in [5.74, 6) is 0.320. The fraction of sp³-hybridized carbons (Fsp3) is 1.00. The molecule has 0 aromatic rings. The molecule has 0 amide bonds. The smallest absolute Gasteiger partial charge is 0.317 e. The minimum atomic E-state index is -1.46. The number of hydrogen-bond acceptors (Lipinski definition) is 2. The Kier molecular flexibility index (Phi) is 4.33. The molecule has 1 atom stereocenters. The summed E-state index contributed by atoms with van der Waals surface area (Å²) in [5, 5.41) is 0. The normalized spacial score (nSPS) is 13.4. The fourth-order valence-electron chi connectivity index (χ4n) is 0.109. The summed E-state index contributed by atoms with van der Waals surface area (Å²) in [5.41, 5.74) is 0. The topological polar surface area (TPSA) is 26.3 Å². The van der Waals surface area contributed by atoms with Crippen molar-refractivity contribution in [3.63, 3.8) is 0 Å². The molecule has 41 valence electrons. The maximum atomic E-state index is 10.9. The van der Waals surface area contributed by atoms with E-state index in [1.54, 1.807) is 6.92 Å². The highest BCUT2D eigenvalue weighted by molar-refractivity contribution is 7.80. The van der Waals surface area contributed by atoms with E-state index in [2.05, 4.69) is 4.10 Å². The van der Waals surface area contributed by atoms with E-state index in [0.29, 0.717) is 5.75 Å². The predicted molar refractivity (Wildman–Crippen MR) is 26.6 cm³/mol. The third-order valence-corrected chi connectivity index (χ3v) is 1.14. The molecule has 5 heteroatoms. The number of halogens is 1. The summed E-state index contributed by atoms with van der Waals surface area (Å²) >= 11 is -1.46. The summed E-state index contributed by atoms with van der Waals surface area (Å²) in [6.07, 6.45) is 0. The first-order valence-corrected chi connectivity index (χ1v) is 3.03. The second-order valence-corrected chi connectivity index (χ2v) is 2.16. The van der Waals surface area contributed by atoms with E-state index >= 15 is 0 Å². The molecule has 7 heavy (non-hydrogen) atoms. The maximum absolute atomic E-state index is 10.9. The van der Waals surface area contributed by atoms with Gasteiger partial charge in [-0.25, -0.2) is 4.21 Å². The lowest BCUT2D eigenvalue weighted by molar-refractivity contribution is 0.548. The molecule has 1 radical (unpaired) electrons. The van der Waals surface area contributed by atoms with Crippen molar-refractivity contribution in [2.75, 3.05) is 5.75 Å². The molecule has 0 bridgehead atoms. The Morgan fingerprint density at radius 1 is 2.00 bits per heavy atom. The summed E-state index contributed by atoms with van der Waals surface area (Å²) in [6.45, 7) is 1.64. The van der Waals surface area contributed by atoms with E-state index in [9.17, 15) is 8.52 Å². The first kappa shape index (κ1) is 7.10. The third-order valence-electron chi connectivity index (χ3n) is 0.379. The highest BCUT2D eigenvalue weighted by atomic mass is 32.2. The van der Waals surface area contributed by atoms with E-state index in [1.165, 1.54) is 0 Å². The molecule has 0 aliphatic heterocycles. The van der Waals surface area contributed by atoms with Crippen molar-refractivity contribution in [3.05, 3.63) is 0 Å². The van der Waals surface area contributed by atoms with Crippen LogP contribution in [0.2, 0.25) is 0 Å². The Hall–Kier alpha value is 0.105. The van der Waals surface area contributed by atoms with Crippen LogP contribution in [0.3, 0.4) is 0 Å². The van der Waals surface area contributed by atoms with Gasteiger partial charge in [-0.1, -0.05) is 6.92 Å². The molecular weight excluding hydrogens is 118 g/mol. The van der Waals surface area contributed by atoms with Gasteiger partial charge in [0.2, 0.25) is 0 Å². The molecule has 2 nitrogen and oxygen atoms in total. The van der Waals surface area contributed by atoms with Gasteiger partial charge >= 0.3 is 7.76 Å². The van der Waals surface area contributed by atoms with Crippen molar-refractivity contribution in [1.82, 2.24) is 0 Å². The Morgan fingerprint density at radius 2 is 2.57 bits per heavy atom. The lowest BCUT2D eigenvalue weighted by Crippen LogP contribution is -1.99. The largest absolute Gasteiger partial charge is 0.549 e. The Balaban J connectivity index is 3.00. The molecule has 0 aromatic heterocycles. The third kappa shape index (κ3) is 3.95. The Bertz CT molecular complexity index is 68.7. The molecule has 0 fully saturated rings. The van der Waals surface area contributed by atoms with Crippen LogP contribution in [0, 0.1) is 0 Å². The van der Waals surface area contributed by atoms with Crippen molar-refractivity contribution in [2.45, 2.75) is 6.92 Å². The van der Waals surface area contributed by atoms with Gasteiger partial charge in [0.15, 0.2) is 0 Å². The zero-order chi connectivity index (χ0) is 5.70. The molecule has 0 N–H and O–H groups in total. The van der Waals surface area contributed by atoms with Crippen molar-refractivity contribution >= 4 is 18.8 Å². The summed E-state index contributed by atoms with van der Waals surface area (Å²) in [6, 6.07) is 0. The van der Waals surface area contributed by atoms with Crippen LogP contribution in [-0.2, 0) is 15.2 Å². The second kappa shape index (κ2) is 4.27. The van der Waals surface area contributed by atoms with Crippen molar-refractivity contribution in [3.8, 4) is 0 Å². The van der Waals surface area contributed by atoms with E-state index in [-0.39, 0.29) is 7.76 Å². The Labute approximate surface area is 45.0 Å². The van der Waals surface area contributed by atoms with Gasteiger partial charge in [0.25, 0.3) is 0 Å².